The van der Waals surface area contributed by atoms with Gasteiger partial charge in [0, 0.05) is 31.1 Å². The summed E-state index contributed by atoms with van der Waals surface area (Å²) in [5.74, 6) is 0.374. The Morgan fingerprint density at radius 3 is 2.50 bits per heavy atom. The van der Waals surface area contributed by atoms with Crippen molar-refractivity contribution in [2.24, 2.45) is 28.6 Å². The van der Waals surface area contributed by atoms with E-state index in [0.717, 1.165) is 38.5 Å². The summed E-state index contributed by atoms with van der Waals surface area (Å²) in [6.45, 7) is 7.46. The summed E-state index contributed by atoms with van der Waals surface area (Å²) in [7, 11) is 0. The maximum absolute atomic E-state index is 13.4. The highest BCUT2D eigenvalue weighted by Gasteiger charge is 2.68. The number of esters is 1. The van der Waals surface area contributed by atoms with E-state index < -0.39 is 5.79 Å². The molecule has 3 saturated carbocycles. The molecule has 4 fully saturated rings. The molecule has 0 bridgehead atoms. The topological polar surface area (TPSA) is 61.8 Å². The molecule has 1 unspecified atom stereocenters. The molecule has 0 aromatic carbocycles. The normalized spacial score (nSPS) is 46.5. The lowest BCUT2D eigenvalue weighted by molar-refractivity contribution is -0.240. The average Bonchev–Trinajstić information content (AvgIpc) is 3.23. The third kappa shape index (κ3) is 2.38. The summed E-state index contributed by atoms with van der Waals surface area (Å²) >= 11 is 0. The van der Waals surface area contributed by atoms with Gasteiger partial charge >= 0.3 is 5.97 Å². The molecule has 0 aromatic rings. The van der Waals surface area contributed by atoms with Gasteiger partial charge in [0.05, 0.1) is 13.2 Å². The van der Waals surface area contributed by atoms with Gasteiger partial charge in [0.25, 0.3) is 0 Å². The molecule has 6 atom stereocenters. The molecule has 4 aliphatic carbocycles. The van der Waals surface area contributed by atoms with Gasteiger partial charge in [0.2, 0.25) is 0 Å². The van der Waals surface area contributed by atoms with Gasteiger partial charge in [-0.1, -0.05) is 19.4 Å². The van der Waals surface area contributed by atoms with Crippen LogP contribution in [0.4, 0.5) is 0 Å². The molecule has 0 amide bonds. The third-order valence-corrected chi connectivity index (χ3v) is 9.03. The first-order chi connectivity index (χ1) is 13.3. The van der Waals surface area contributed by atoms with E-state index >= 15 is 0 Å². The van der Waals surface area contributed by atoms with Crippen molar-refractivity contribution in [1.82, 2.24) is 0 Å². The van der Waals surface area contributed by atoms with Crippen LogP contribution in [0.15, 0.2) is 11.6 Å². The van der Waals surface area contributed by atoms with Crippen LogP contribution in [0.5, 0.6) is 0 Å². The molecule has 154 valence electrons. The lowest BCUT2D eigenvalue weighted by Crippen LogP contribution is -2.57. The molecule has 1 aliphatic heterocycles. The maximum Gasteiger partial charge on any atom is 0.302 e. The van der Waals surface area contributed by atoms with Gasteiger partial charge in [0.1, 0.15) is 6.10 Å². The van der Waals surface area contributed by atoms with Crippen LogP contribution < -0.4 is 0 Å². The van der Waals surface area contributed by atoms with E-state index in [9.17, 15) is 9.59 Å². The SMILES string of the molecule is CC(=O)OC1CC[C@@]2(C)C(=CC(=O)[C@H]3[C@@H]2CC[C@@]2(C)[C@H]3CCC23OCCO3)C1. The van der Waals surface area contributed by atoms with E-state index in [2.05, 4.69) is 13.8 Å². The van der Waals surface area contributed by atoms with Crippen LogP contribution in [-0.4, -0.2) is 36.9 Å². The van der Waals surface area contributed by atoms with Gasteiger partial charge in [-0.25, -0.2) is 0 Å². The van der Waals surface area contributed by atoms with Crippen molar-refractivity contribution in [3.63, 3.8) is 0 Å². The van der Waals surface area contributed by atoms with Crippen LogP contribution in [0.1, 0.15) is 65.7 Å². The third-order valence-electron chi connectivity index (χ3n) is 9.03. The summed E-state index contributed by atoms with van der Waals surface area (Å²) in [6, 6.07) is 0. The largest absolute Gasteiger partial charge is 0.462 e. The van der Waals surface area contributed by atoms with Crippen molar-refractivity contribution in [2.45, 2.75) is 77.6 Å². The molecule has 0 radical (unpaired) electrons. The quantitative estimate of drug-likeness (QED) is 0.640. The van der Waals surface area contributed by atoms with Crippen molar-refractivity contribution < 1.29 is 23.8 Å². The number of hydrogen-bond acceptors (Lipinski definition) is 5. The van der Waals surface area contributed by atoms with Crippen LogP contribution in [0, 0.1) is 28.6 Å². The zero-order valence-corrected chi connectivity index (χ0v) is 17.3. The van der Waals surface area contributed by atoms with E-state index in [1.54, 1.807) is 0 Å². The fraction of sp³-hybridized carbons (Fsp3) is 0.826. The van der Waals surface area contributed by atoms with E-state index in [1.165, 1.54) is 12.5 Å². The van der Waals surface area contributed by atoms with Crippen LogP contribution in [0.25, 0.3) is 0 Å². The monoisotopic (exact) mass is 388 g/mol. The van der Waals surface area contributed by atoms with Gasteiger partial charge in [0.15, 0.2) is 11.6 Å². The predicted molar refractivity (Wildman–Crippen MR) is 102 cm³/mol. The van der Waals surface area contributed by atoms with E-state index in [0.29, 0.717) is 31.5 Å². The van der Waals surface area contributed by atoms with Crippen molar-refractivity contribution in [2.75, 3.05) is 13.2 Å². The zero-order valence-electron chi connectivity index (χ0n) is 17.3. The Balaban J connectivity index is 1.47. The molecule has 5 rings (SSSR count). The smallest absolute Gasteiger partial charge is 0.302 e. The van der Waals surface area contributed by atoms with Crippen molar-refractivity contribution in [1.29, 1.82) is 0 Å². The molecule has 5 aliphatic rings. The summed E-state index contributed by atoms with van der Waals surface area (Å²) in [4.78, 5) is 24.8. The Hall–Kier alpha value is -1.20. The average molecular weight is 389 g/mol. The highest BCUT2D eigenvalue weighted by Crippen LogP contribution is 2.68. The first-order valence-electron chi connectivity index (χ1n) is 11.0. The predicted octanol–water partition coefficient (Wildman–Crippen LogP) is 3.80. The van der Waals surface area contributed by atoms with Crippen LogP contribution in [0.3, 0.4) is 0 Å². The van der Waals surface area contributed by atoms with Crippen molar-refractivity contribution in [3.05, 3.63) is 11.6 Å². The van der Waals surface area contributed by atoms with Gasteiger partial charge in [-0.2, -0.15) is 0 Å². The number of ether oxygens (including phenoxy) is 3. The van der Waals surface area contributed by atoms with E-state index in [4.69, 9.17) is 14.2 Å². The standard InChI is InChI=1S/C23H32O5/c1-14(24)28-16-4-7-21(2)15(12-16)13-19(25)20-17(21)5-8-22(3)18(20)6-9-23(22)26-10-11-27-23/h13,16-18,20H,4-12H2,1-3H3/t16?,17-,18-,20-,21-,22-/m0/s1. The Kier molecular flexibility index (Phi) is 4.13. The second-order valence-corrected chi connectivity index (χ2v) is 10.1. The van der Waals surface area contributed by atoms with Crippen LogP contribution >= 0.6 is 0 Å². The Morgan fingerprint density at radius 1 is 1.07 bits per heavy atom. The molecule has 1 spiro atoms. The van der Waals surface area contributed by atoms with Crippen LogP contribution in [0.2, 0.25) is 0 Å². The first kappa shape index (κ1) is 18.8. The van der Waals surface area contributed by atoms with Gasteiger partial charge in [-0.05, 0) is 55.4 Å². The van der Waals surface area contributed by atoms with Gasteiger partial charge in [-0.3, -0.25) is 9.59 Å². The number of fused-ring (bicyclic) bond motifs is 6. The Morgan fingerprint density at radius 2 is 1.79 bits per heavy atom. The second kappa shape index (κ2) is 6.15. The first-order valence-corrected chi connectivity index (χ1v) is 11.0. The Bertz CT molecular complexity index is 735. The minimum Gasteiger partial charge on any atom is -0.462 e. The summed E-state index contributed by atoms with van der Waals surface area (Å²) in [6.07, 6.45) is 8.46. The van der Waals surface area contributed by atoms with Crippen molar-refractivity contribution in [3.8, 4) is 0 Å². The molecule has 1 heterocycles. The van der Waals surface area contributed by atoms with Crippen LogP contribution in [-0.2, 0) is 23.8 Å². The number of carbonyl (C=O) groups excluding carboxylic acids is 2. The highest BCUT2D eigenvalue weighted by atomic mass is 16.7. The lowest BCUT2D eigenvalue weighted by Gasteiger charge is -2.57. The highest BCUT2D eigenvalue weighted by molar-refractivity contribution is 5.94. The maximum atomic E-state index is 13.4. The van der Waals surface area contributed by atoms with Gasteiger partial charge in [-0.15, -0.1) is 0 Å². The number of ketones is 1. The van der Waals surface area contributed by atoms with E-state index in [-0.39, 0.29) is 34.6 Å². The summed E-state index contributed by atoms with van der Waals surface area (Å²) in [5, 5.41) is 0. The fourth-order valence-corrected chi connectivity index (χ4v) is 7.59. The summed E-state index contributed by atoms with van der Waals surface area (Å²) in [5.41, 5.74) is 1.18. The number of rotatable bonds is 1. The second-order valence-electron chi connectivity index (χ2n) is 10.1. The molecule has 5 heteroatoms. The fourth-order valence-electron chi connectivity index (χ4n) is 7.59. The number of allylic oxidation sites excluding steroid dienone is 1. The number of carbonyl (C=O) groups is 2. The van der Waals surface area contributed by atoms with Crippen molar-refractivity contribution >= 4 is 11.8 Å². The summed E-state index contributed by atoms with van der Waals surface area (Å²) < 4.78 is 17.8. The van der Waals surface area contributed by atoms with Gasteiger partial charge < -0.3 is 14.2 Å². The minimum atomic E-state index is -0.471. The Labute approximate surface area is 167 Å². The number of hydrogen-bond donors (Lipinski definition) is 0. The lowest BCUT2D eigenvalue weighted by atomic mass is 9.47. The molecule has 28 heavy (non-hydrogen) atoms. The molecule has 0 N–H and O–H groups in total. The molecule has 0 aromatic heterocycles. The molecular weight excluding hydrogens is 356 g/mol. The van der Waals surface area contributed by atoms with E-state index in [1.807, 2.05) is 6.08 Å². The molecular formula is C23H32O5. The molecule has 5 nitrogen and oxygen atoms in total. The zero-order chi connectivity index (χ0) is 19.7. The molecule has 1 saturated heterocycles. The minimum absolute atomic E-state index is 0.0453.